The van der Waals surface area contributed by atoms with Crippen LogP contribution in [0, 0.1) is 0 Å². The average Bonchev–Trinajstić information content (AvgIpc) is 3.45. The van der Waals surface area contributed by atoms with Gasteiger partial charge in [-0.15, -0.1) is 0 Å². The molecule has 1 rings (SSSR count). The topological polar surface area (TPSA) is 6.48 Å². The fourth-order valence-corrected chi connectivity index (χ4v) is 7.60. The molecule has 0 N–H and O–H groups in total. The lowest BCUT2D eigenvalue weighted by Crippen LogP contribution is -2.39. The zero-order valence-corrected chi connectivity index (χ0v) is 32.5. The zero-order valence-electron chi connectivity index (χ0n) is 32.5. The van der Waals surface area contributed by atoms with Gasteiger partial charge in [-0.3, -0.25) is 0 Å². The van der Waals surface area contributed by atoms with Crippen LogP contribution in [0.2, 0.25) is 0 Å². The summed E-state index contributed by atoms with van der Waals surface area (Å²) in [6.45, 7) is 9.49. The number of hydrogen-bond acceptors (Lipinski definition) is 2. The fraction of sp³-hybridized carbons (Fsp3) is 0.955. The monoisotopic (exact) mass is 645 g/mol. The summed E-state index contributed by atoms with van der Waals surface area (Å²) in [5, 5.41) is 0. The fourth-order valence-electron chi connectivity index (χ4n) is 7.60. The van der Waals surface area contributed by atoms with Crippen molar-refractivity contribution < 1.29 is 0 Å². The van der Waals surface area contributed by atoms with Crippen LogP contribution in [-0.2, 0) is 0 Å². The molecule has 46 heavy (non-hydrogen) atoms. The van der Waals surface area contributed by atoms with Crippen molar-refractivity contribution in [1.29, 1.82) is 0 Å². The molecule has 1 aliphatic rings. The van der Waals surface area contributed by atoms with Crippen LogP contribution < -0.4 is 0 Å². The van der Waals surface area contributed by atoms with Crippen LogP contribution in [0.3, 0.4) is 0 Å². The number of rotatable bonds is 38. The molecule has 2 heteroatoms. The lowest BCUT2D eigenvalue weighted by atomic mass is 10.0. The van der Waals surface area contributed by atoms with Gasteiger partial charge < -0.3 is 9.80 Å². The van der Waals surface area contributed by atoms with E-state index in [1.165, 1.54) is 244 Å². The summed E-state index contributed by atoms with van der Waals surface area (Å²) in [4.78, 5) is 5.45. The first-order valence-corrected chi connectivity index (χ1v) is 22.0. The maximum atomic E-state index is 2.73. The van der Waals surface area contributed by atoms with E-state index in [9.17, 15) is 0 Å². The Bertz CT molecular complexity index is 601. The lowest BCUT2D eigenvalue weighted by Gasteiger charge is -2.33. The van der Waals surface area contributed by atoms with Crippen molar-refractivity contribution >= 4 is 0 Å². The van der Waals surface area contributed by atoms with Gasteiger partial charge in [0.1, 0.15) is 6.17 Å². The van der Waals surface area contributed by atoms with Gasteiger partial charge in [0.25, 0.3) is 0 Å². The standard InChI is InChI=1S/C44H88N2/c1-4-7-10-13-16-19-21-22-23-24-25-26-29-32-35-38-41-46-43-42-45(40-37-34-31-28-18-15-12-9-6-3)44(46)39-36-33-30-27-20-17-14-11-8-5-2/h42-44H,4-41H2,1-3H3. The van der Waals surface area contributed by atoms with E-state index < -0.39 is 0 Å². The Morgan fingerprint density at radius 1 is 0.283 bits per heavy atom. The normalized spacial score (nSPS) is 14.7. The van der Waals surface area contributed by atoms with Crippen molar-refractivity contribution in [2.45, 2.75) is 258 Å². The Hall–Kier alpha value is -0.660. The van der Waals surface area contributed by atoms with Gasteiger partial charge in [0.2, 0.25) is 0 Å². The van der Waals surface area contributed by atoms with Crippen molar-refractivity contribution in [3.63, 3.8) is 0 Å². The third-order valence-electron chi connectivity index (χ3n) is 10.8. The molecular weight excluding hydrogens is 556 g/mol. The Kier molecular flexibility index (Phi) is 33.6. The van der Waals surface area contributed by atoms with Crippen LogP contribution >= 0.6 is 0 Å². The molecule has 1 aliphatic heterocycles. The Morgan fingerprint density at radius 3 is 0.761 bits per heavy atom. The van der Waals surface area contributed by atoms with Gasteiger partial charge in [0, 0.05) is 25.5 Å². The zero-order chi connectivity index (χ0) is 33.0. The highest BCUT2D eigenvalue weighted by molar-refractivity contribution is 4.97. The Balaban J connectivity index is 2.17. The van der Waals surface area contributed by atoms with Crippen LogP contribution in [0.5, 0.6) is 0 Å². The van der Waals surface area contributed by atoms with Gasteiger partial charge in [0.15, 0.2) is 0 Å². The second-order valence-electron chi connectivity index (χ2n) is 15.4. The number of unbranched alkanes of at least 4 members (excludes halogenated alkanes) is 32. The van der Waals surface area contributed by atoms with E-state index in [0.717, 1.165) is 0 Å². The minimum absolute atomic E-state index is 0.638. The highest BCUT2D eigenvalue weighted by atomic mass is 15.4. The molecule has 0 aromatic heterocycles. The SMILES string of the molecule is CCCCCCCCCCCCCCCCCCN1C=CN(CCCCCCCCCCC)C1CCCCCCCCCCCC. The smallest absolute Gasteiger partial charge is 0.101 e. The second kappa shape index (κ2) is 35.6. The first-order chi connectivity index (χ1) is 22.8. The van der Waals surface area contributed by atoms with Crippen LogP contribution in [0.15, 0.2) is 12.4 Å². The molecule has 0 aliphatic carbocycles. The summed E-state index contributed by atoms with van der Waals surface area (Å²) in [5.74, 6) is 0. The van der Waals surface area contributed by atoms with E-state index in [0.29, 0.717) is 6.17 Å². The lowest BCUT2D eigenvalue weighted by molar-refractivity contribution is 0.135. The summed E-state index contributed by atoms with van der Waals surface area (Å²) >= 11 is 0. The van der Waals surface area contributed by atoms with E-state index in [-0.39, 0.29) is 0 Å². The maximum Gasteiger partial charge on any atom is 0.101 e. The van der Waals surface area contributed by atoms with E-state index in [2.05, 4.69) is 43.0 Å². The van der Waals surface area contributed by atoms with E-state index in [1.54, 1.807) is 0 Å². The molecule has 0 spiro atoms. The largest absolute Gasteiger partial charge is 0.356 e. The summed E-state index contributed by atoms with van der Waals surface area (Å²) in [6, 6.07) is 0. The Labute approximate surface area is 292 Å². The molecule has 0 bridgehead atoms. The molecule has 1 atom stereocenters. The van der Waals surface area contributed by atoms with Gasteiger partial charge in [-0.1, -0.05) is 226 Å². The molecule has 2 nitrogen and oxygen atoms in total. The predicted octanol–water partition coefficient (Wildman–Crippen LogP) is 15.5. The van der Waals surface area contributed by atoms with Crippen LogP contribution in [0.25, 0.3) is 0 Å². The van der Waals surface area contributed by atoms with Gasteiger partial charge >= 0.3 is 0 Å². The van der Waals surface area contributed by atoms with Crippen molar-refractivity contribution in [3.05, 3.63) is 12.4 Å². The average molecular weight is 645 g/mol. The third kappa shape index (κ3) is 27.3. The quantitative estimate of drug-likeness (QED) is 0.0617. The molecule has 0 fully saturated rings. The van der Waals surface area contributed by atoms with Gasteiger partial charge in [-0.05, 0) is 25.7 Å². The molecule has 0 radical (unpaired) electrons. The number of nitrogens with zero attached hydrogens (tertiary/aromatic N) is 2. The minimum atomic E-state index is 0.638. The van der Waals surface area contributed by atoms with E-state index >= 15 is 0 Å². The predicted molar refractivity (Wildman–Crippen MR) is 210 cm³/mol. The van der Waals surface area contributed by atoms with Crippen LogP contribution in [0.4, 0.5) is 0 Å². The van der Waals surface area contributed by atoms with Crippen molar-refractivity contribution in [2.24, 2.45) is 0 Å². The number of hydrogen-bond donors (Lipinski definition) is 0. The van der Waals surface area contributed by atoms with E-state index in [1.807, 2.05) is 0 Å². The molecule has 0 saturated carbocycles. The van der Waals surface area contributed by atoms with Gasteiger partial charge in [0.05, 0.1) is 0 Å². The van der Waals surface area contributed by atoms with Crippen LogP contribution in [-0.4, -0.2) is 29.1 Å². The highest BCUT2D eigenvalue weighted by Crippen LogP contribution is 2.24. The molecule has 0 aromatic carbocycles. The Morgan fingerprint density at radius 2 is 0.500 bits per heavy atom. The van der Waals surface area contributed by atoms with Gasteiger partial charge in [-0.25, -0.2) is 0 Å². The third-order valence-corrected chi connectivity index (χ3v) is 10.8. The summed E-state index contributed by atoms with van der Waals surface area (Å²) in [5.41, 5.74) is 0. The summed E-state index contributed by atoms with van der Waals surface area (Å²) in [7, 11) is 0. The molecule has 274 valence electrons. The first-order valence-electron chi connectivity index (χ1n) is 22.0. The highest BCUT2D eigenvalue weighted by Gasteiger charge is 2.24. The van der Waals surface area contributed by atoms with Crippen molar-refractivity contribution in [2.75, 3.05) is 13.1 Å². The van der Waals surface area contributed by atoms with Crippen LogP contribution in [0.1, 0.15) is 252 Å². The van der Waals surface area contributed by atoms with Gasteiger partial charge in [-0.2, -0.15) is 0 Å². The summed E-state index contributed by atoms with van der Waals surface area (Å²) < 4.78 is 0. The van der Waals surface area contributed by atoms with Crippen molar-refractivity contribution in [3.8, 4) is 0 Å². The maximum absolute atomic E-state index is 2.73. The molecule has 0 aromatic rings. The molecule has 0 amide bonds. The molecule has 1 unspecified atom stereocenters. The van der Waals surface area contributed by atoms with E-state index in [4.69, 9.17) is 0 Å². The molecular formula is C44H88N2. The minimum Gasteiger partial charge on any atom is -0.356 e. The second-order valence-corrected chi connectivity index (χ2v) is 15.4. The van der Waals surface area contributed by atoms with Crippen molar-refractivity contribution in [1.82, 2.24) is 9.80 Å². The first kappa shape index (κ1) is 43.4. The molecule has 0 saturated heterocycles. The summed E-state index contributed by atoms with van der Waals surface area (Å²) in [6.07, 6.45) is 57.4. The molecule has 1 heterocycles.